The van der Waals surface area contributed by atoms with E-state index in [9.17, 15) is 4.79 Å². The third-order valence-corrected chi connectivity index (χ3v) is 3.53. The van der Waals surface area contributed by atoms with E-state index in [0.717, 1.165) is 25.9 Å². The Bertz CT molecular complexity index is 438. The molecule has 0 radical (unpaired) electrons. The van der Waals surface area contributed by atoms with Crippen molar-refractivity contribution in [2.24, 2.45) is 11.8 Å². The van der Waals surface area contributed by atoms with E-state index < -0.39 is 0 Å². The summed E-state index contributed by atoms with van der Waals surface area (Å²) in [6, 6.07) is 0. The molecule has 112 valence electrons. The van der Waals surface area contributed by atoms with Gasteiger partial charge in [0.1, 0.15) is 0 Å². The first-order valence-corrected chi connectivity index (χ1v) is 7.41. The van der Waals surface area contributed by atoms with E-state index in [-0.39, 0.29) is 11.8 Å². The third kappa shape index (κ3) is 3.79. The van der Waals surface area contributed by atoms with Crippen LogP contribution in [0.5, 0.6) is 0 Å². The number of hydrogen-bond donors (Lipinski definition) is 1. The number of nitrogens with zero attached hydrogens (tertiary/aromatic N) is 3. The van der Waals surface area contributed by atoms with E-state index in [0.29, 0.717) is 30.7 Å². The SMILES string of the molecule is CCN(Cc1noc(CC(C)C)n1)C(=O)C1CCNC1. The highest BCUT2D eigenvalue weighted by molar-refractivity contribution is 5.79. The Kier molecular flexibility index (Phi) is 5.11. The van der Waals surface area contributed by atoms with Crippen LogP contribution in [0.3, 0.4) is 0 Å². The number of carbonyl (C=O) groups excluding carboxylic acids is 1. The van der Waals surface area contributed by atoms with Gasteiger partial charge in [0.2, 0.25) is 11.8 Å². The standard InChI is InChI=1S/C14H24N4O2/c1-4-18(14(19)11-5-6-15-8-11)9-12-16-13(20-17-12)7-10(2)3/h10-11,15H,4-9H2,1-3H3. The zero-order chi connectivity index (χ0) is 14.5. The quantitative estimate of drug-likeness (QED) is 0.848. The van der Waals surface area contributed by atoms with E-state index >= 15 is 0 Å². The summed E-state index contributed by atoms with van der Waals surface area (Å²) >= 11 is 0. The van der Waals surface area contributed by atoms with Crippen LogP contribution in [0, 0.1) is 11.8 Å². The van der Waals surface area contributed by atoms with Crippen LogP contribution in [0.1, 0.15) is 38.9 Å². The Morgan fingerprint density at radius 1 is 1.55 bits per heavy atom. The van der Waals surface area contributed by atoms with E-state index in [1.807, 2.05) is 11.8 Å². The molecule has 1 aromatic rings. The van der Waals surface area contributed by atoms with E-state index in [1.54, 1.807) is 0 Å². The number of hydrogen-bond acceptors (Lipinski definition) is 5. The molecule has 1 fully saturated rings. The van der Waals surface area contributed by atoms with Crippen molar-refractivity contribution >= 4 is 5.91 Å². The molecule has 1 unspecified atom stereocenters. The van der Waals surface area contributed by atoms with Crippen LogP contribution in [0.15, 0.2) is 4.52 Å². The molecule has 1 amide bonds. The van der Waals surface area contributed by atoms with Gasteiger partial charge in [0.05, 0.1) is 12.5 Å². The molecule has 1 N–H and O–H groups in total. The topological polar surface area (TPSA) is 71.3 Å². The molecule has 1 atom stereocenters. The minimum absolute atomic E-state index is 0.0944. The molecular formula is C14H24N4O2. The largest absolute Gasteiger partial charge is 0.339 e. The summed E-state index contributed by atoms with van der Waals surface area (Å²) in [5, 5.41) is 7.19. The molecule has 1 aliphatic heterocycles. The summed E-state index contributed by atoms with van der Waals surface area (Å²) < 4.78 is 5.21. The van der Waals surface area contributed by atoms with Crippen molar-refractivity contribution in [3.8, 4) is 0 Å². The van der Waals surface area contributed by atoms with Gasteiger partial charge >= 0.3 is 0 Å². The van der Waals surface area contributed by atoms with Crippen molar-refractivity contribution in [1.82, 2.24) is 20.4 Å². The maximum absolute atomic E-state index is 12.4. The summed E-state index contributed by atoms with van der Waals surface area (Å²) in [4.78, 5) is 18.5. The second kappa shape index (κ2) is 6.83. The maximum atomic E-state index is 12.4. The molecule has 6 nitrogen and oxygen atoms in total. The van der Waals surface area contributed by atoms with Crippen molar-refractivity contribution in [2.75, 3.05) is 19.6 Å². The molecule has 0 aliphatic carbocycles. The minimum atomic E-state index is 0.0944. The van der Waals surface area contributed by atoms with Gasteiger partial charge in [0, 0.05) is 19.5 Å². The Hall–Kier alpha value is -1.43. The third-order valence-electron chi connectivity index (χ3n) is 3.53. The van der Waals surface area contributed by atoms with Gasteiger partial charge in [-0.05, 0) is 25.8 Å². The Morgan fingerprint density at radius 2 is 2.35 bits per heavy atom. The van der Waals surface area contributed by atoms with Gasteiger partial charge in [0.25, 0.3) is 0 Å². The molecule has 6 heteroatoms. The van der Waals surface area contributed by atoms with Gasteiger partial charge < -0.3 is 14.7 Å². The predicted octanol–water partition coefficient (Wildman–Crippen LogP) is 1.23. The van der Waals surface area contributed by atoms with E-state index in [1.165, 1.54) is 0 Å². The lowest BCUT2D eigenvalue weighted by molar-refractivity contribution is -0.135. The van der Waals surface area contributed by atoms with Crippen LogP contribution >= 0.6 is 0 Å². The fourth-order valence-corrected chi connectivity index (χ4v) is 2.43. The molecule has 2 heterocycles. The van der Waals surface area contributed by atoms with Gasteiger partial charge in [-0.2, -0.15) is 4.98 Å². The molecule has 0 aromatic carbocycles. The van der Waals surface area contributed by atoms with Gasteiger partial charge in [-0.25, -0.2) is 0 Å². The Balaban J connectivity index is 1.95. The van der Waals surface area contributed by atoms with Gasteiger partial charge in [-0.15, -0.1) is 0 Å². The number of nitrogens with one attached hydrogen (secondary N) is 1. The van der Waals surface area contributed by atoms with Gasteiger partial charge in [-0.3, -0.25) is 4.79 Å². The van der Waals surface area contributed by atoms with Crippen LogP contribution in [-0.2, 0) is 17.8 Å². The maximum Gasteiger partial charge on any atom is 0.227 e. The van der Waals surface area contributed by atoms with Gasteiger partial charge in [0.15, 0.2) is 5.82 Å². The Morgan fingerprint density at radius 3 is 2.95 bits per heavy atom. The van der Waals surface area contributed by atoms with Crippen LogP contribution in [0.25, 0.3) is 0 Å². The molecule has 20 heavy (non-hydrogen) atoms. The van der Waals surface area contributed by atoms with E-state index in [4.69, 9.17) is 4.52 Å². The van der Waals surface area contributed by atoms with Gasteiger partial charge in [-0.1, -0.05) is 19.0 Å². The molecule has 0 spiro atoms. The number of amides is 1. The number of rotatable bonds is 6. The fraction of sp³-hybridized carbons (Fsp3) is 0.786. The molecule has 2 rings (SSSR count). The minimum Gasteiger partial charge on any atom is -0.339 e. The van der Waals surface area contributed by atoms with Crippen LogP contribution in [0.2, 0.25) is 0 Å². The van der Waals surface area contributed by atoms with E-state index in [2.05, 4.69) is 29.3 Å². The monoisotopic (exact) mass is 280 g/mol. The smallest absolute Gasteiger partial charge is 0.227 e. The zero-order valence-electron chi connectivity index (χ0n) is 12.6. The summed E-state index contributed by atoms with van der Waals surface area (Å²) in [7, 11) is 0. The normalized spacial score (nSPS) is 18.7. The molecule has 0 bridgehead atoms. The lowest BCUT2D eigenvalue weighted by atomic mass is 10.1. The first-order valence-electron chi connectivity index (χ1n) is 7.41. The number of aromatic nitrogens is 2. The first-order chi connectivity index (χ1) is 9.60. The van der Waals surface area contributed by atoms with Crippen molar-refractivity contribution in [3.05, 3.63) is 11.7 Å². The molecule has 1 saturated heterocycles. The second-order valence-electron chi connectivity index (χ2n) is 5.74. The average Bonchev–Trinajstić information content (AvgIpc) is 3.05. The number of carbonyl (C=O) groups is 1. The van der Waals surface area contributed by atoms with Crippen molar-refractivity contribution in [3.63, 3.8) is 0 Å². The van der Waals surface area contributed by atoms with Crippen molar-refractivity contribution in [1.29, 1.82) is 0 Å². The highest BCUT2D eigenvalue weighted by atomic mass is 16.5. The second-order valence-corrected chi connectivity index (χ2v) is 5.74. The van der Waals surface area contributed by atoms with Crippen LogP contribution in [0.4, 0.5) is 0 Å². The summed E-state index contributed by atoms with van der Waals surface area (Å²) in [5.41, 5.74) is 0. The lowest BCUT2D eigenvalue weighted by Gasteiger charge is -2.22. The summed E-state index contributed by atoms with van der Waals surface area (Å²) in [5.74, 6) is 2.02. The zero-order valence-corrected chi connectivity index (χ0v) is 12.6. The molecule has 1 aliphatic rings. The fourth-order valence-electron chi connectivity index (χ4n) is 2.43. The molecular weight excluding hydrogens is 256 g/mol. The predicted molar refractivity (Wildman–Crippen MR) is 74.9 cm³/mol. The molecule has 1 aromatic heterocycles. The van der Waals surface area contributed by atoms with Crippen molar-refractivity contribution < 1.29 is 9.32 Å². The lowest BCUT2D eigenvalue weighted by Crippen LogP contribution is -2.36. The van der Waals surface area contributed by atoms with Crippen LogP contribution in [-0.4, -0.2) is 40.6 Å². The summed E-state index contributed by atoms with van der Waals surface area (Å²) in [6.45, 7) is 9.01. The summed E-state index contributed by atoms with van der Waals surface area (Å²) in [6.07, 6.45) is 1.69. The highest BCUT2D eigenvalue weighted by Crippen LogP contribution is 2.14. The first kappa shape index (κ1) is 15.0. The highest BCUT2D eigenvalue weighted by Gasteiger charge is 2.27. The Labute approximate surface area is 119 Å². The van der Waals surface area contributed by atoms with Crippen molar-refractivity contribution in [2.45, 2.75) is 40.2 Å². The van der Waals surface area contributed by atoms with Crippen LogP contribution < -0.4 is 5.32 Å². The molecule has 0 saturated carbocycles. The average molecular weight is 280 g/mol.